The summed E-state index contributed by atoms with van der Waals surface area (Å²) >= 11 is 1.55. The molecular formula is C16H17N3OS. The van der Waals surface area contributed by atoms with Gasteiger partial charge in [0.25, 0.3) is 0 Å². The van der Waals surface area contributed by atoms with E-state index in [0.29, 0.717) is 0 Å². The fourth-order valence-corrected chi connectivity index (χ4v) is 3.33. The third-order valence-corrected chi connectivity index (χ3v) is 4.56. The van der Waals surface area contributed by atoms with Crippen molar-refractivity contribution in [1.82, 2.24) is 9.88 Å². The van der Waals surface area contributed by atoms with Gasteiger partial charge in [0.2, 0.25) is 0 Å². The smallest absolute Gasteiger partial charge is 0.134 e. The number of piperidine rings is 1. The van der Waals surface area contributed by atoms with E-state index < -0.39 is 0 Å². The van der Waals surface area contributed by atoms with Gasteiger partial charge in [-0.3, -0.25) is 9.88 Å². The normalized spacial score (nSPS) is 18.0. The van der Waals surface area contributed by atoms with Crippen LogP contribution in [0.2, 0.25) is 0 Å². The third kappa shape index (κ3) is 3.41. The first-order chi connectivity index (χ1) is 10.4. The number of para-hydroxylation sites is 1. The Balaban J connectivity index is 1.56. The molecule has 0 aliphatic carbocycles. The van der Waals surface area contributed by atoms with Gasteiger partial charge in [0.05, 0.1) is 16.5 Å². The number of thiazole rings is 1. The van der Waals surface area contributed by atoms with Crippen molar-refractivity contribution in [2.75, 3.05) is 13.1 Å². The largest absolute Gasteiger partial charge is 0.490 e. The van der Waals surface area contributed by atoms with Crippen LogP contribution in [0.1, 0.15) is 23.8 Å². The highest BCUT2D eigenvalue weighted by Crippen LogP contribution is 2.27. The van der Waals surface area contributed by atoms with Crippen LogP contribution in [0, 0.1) is 11.3 Å². The lowest BCUT2D eigenvalue weighted by Crippen LogP contribution is -2.39. The number of likely N-dealkylation sites (tertiary alicyclic amines) is 1. The van der Waals surface area contributed by atoms with Crippen molar-refractivity contribution in [3.8, 4) is 11.8 Å². The maximum Gasteiger partial charge on any atom is 0.134 e. The van der Waals surface area contributed by atoms with Crippen LogP contribution >= 0.6 is 11.3 Å². The minimum Gasteiger partial charge on any atom is -0.490 e. The van der Waals surface area contributed by atoms with E-state index in [4.69, 9.17) is 4.74 Å². The van der Waals surface area contributed by atoms with Crippen molar-refractivity contribution in [1.29, 1.82) is 5.26 Å². The van der Waals surface area contributed by atoms with E-state index >= 15 is 0 Å². The maximum atomic E-state index is 9.41. The fraction of sp³-hybridized carbons (Fsp3) is 0.375. The van der Waals surface area contributed by atoms with Crippen LogP contribution in [0.4, 0.5) is 0 Å². The van der Waals surface area contributed by atoms with E-state index in [0.717, 1.165) is 36.6 Å². The SMILES string of the molecule is N#CC(c1cncs1)N1CCC(Oc2ccccc2)CC1. The van der Waals surface area contributed by atoms with Gasteiger partial charge in [-0.05, 0) is 25.0 Å². The van der Waals surface area contributed by atoms with Crippen LogP contribution in [0.15, 0.2) is 42.0 Å². The first-order valence-electron chi connectivity index (χ1n) is 7.10. The van der Waals surface area contributed by atoms with Gasteiger partial charge in [-0.15, -0.1) is 11.3 Å². The Bertz CT molecular complexity index is 586. The summed E-state index contributed by atoms with van der Waals surface area (Å²) in [4.78, 5) is 7.32. The maximum absolute atomic E-state index is 9.41. The van der Waals surface area contributed by atoms with Crippen LogP contribution < -0.4 is 4.74 Å². The second-order valence-corrected chi connectivity index (χ2v) is 6.02. The molecule has 2 aromatic rings. The molecule has 5 heteroatoms. The molecule has 21 heavy (non-hydrogen) atoms. The number of benzene rings is 1. The molecular weight excluding hydrogens is 282 g/mol. The number of nitrogens with zero attached hydrogens (tertiary/aromatic N) is 3. The lowest BCUT2D eigenvalue weighted by atomic mass is 10.1. The number of hydrogen-bond acceptors (Lipinski definition) is 5. The molecule has 0 bridgehead atoms. The molecule has 1 unspecified atom stereocenters. The molecule has 1 aromatic heterocycles. The Labute approximate surface area is 128 Å². The molecule has 1 fully saturated rings. The summed E-state index contributed by atoms with van der Waals surface area (Å²) in [6.45, 7) is 1.77. The zero-order chi connectivity index (χ0) is 14.5. The predicted molar refractivity (Wildman–Crippen MR) is 82.1 cm³/mol. The van der Waals surface area contributed by atoms with Gasteiger partial charge in [0.15, 0.2) is 0 Å². The third-order valence-electron chi connectivity index (χ3n) is 3.73. The second kappa shape index (κ2) is 6.70. The summed E-state index contributed by atoms with van der Waals surface area (Å²) < 4.78 is 5.99. The molecule has 1 aliphatic heterocycles. The average Bonchev–Trinajstić information content (AvgIpc) is 3.05. The van der Waals surface area contributed by atoms with Crippen LogP contribution in [-0.4, -0.2) is 29.1 Å². The van der Waals surface area contributed by atoms with Crippen molar-refractivity contribution >= 4 is 11.3 Å². The molecule has 1 aromatic carbocycles. The van der Waals surface area contributed by atoms with Gasteiger partial charge in [0.1, 0.15) is 17.9 Å². The van der Waals surface area contributed by atoms with E-state index in [-0.39, 0.29) is 12.1 Å². The van der Waals surface area contributed by atoms with Crippen LogP contribution in [-0.2, 0) is 0 Å². The standard InChI is InChI=1S/C16H17N3OS/c17-10-15(16-11-18-12-21-16)19-8-6-14(7-9-19)20-13-4-2-1-3-5-13/h1-5,11-12,14-15H,6-9H2. The topological polar surface area (TPSA) is 49.2 Å². The average molecular weight is 299 g/mol. The van der Waals surface area contributed by atoms with E-state index in [1.165, 1.54) is 0 Å². The summed E-state index contributed by atoms with van der Waals surface area (Å²) in [5.41, 5.74) is 1.78. The highest BCUT2D eigenvalue weighted by atomic mass is 32.1. The summed E-state index contributed by atoms with van der Waals surface area (Å²) in [6, 6.07) is 12.2. The Morgan fingerprint density at radius 3 is 2.67 bits per heavy atom. The molecule has 0 radical (unpaired) electrons. The number of ether oxygens (including phenoxy) is 1. The lowest BCUT2D eigenvalue weighted by molar-refractivity contribution is 0.0887. The monoisotopic (exact) mass is 299 g/mol. The van der Waals surface area contributed by atoms with E-state index in [1.54, 1.807) is 23.0 Å². The van der Waals surface area contributed by atoms with Gasteiger partial charge >= 0.3 is 0 Å². The summed E-state index contributed by atoms with van der Waals surface area (Å²) in [6.07, 6.45) is 3.94. The first kappa shape index (κ1) is 14.1. The summed E-state index contributed by atoms with van der Waals surface area (Å²) in [7, 11) is 0. The highest BCUT2D eigenvalue weighted by molar-refractivity contribution is 7.09. The van der Waals surface area contributed by atoms with E-state index in [9.17, 15) is 5.26 Å². The van der Waals surface area contributed by atoms with E-state index in [2.05, 4.69) is 16.0 Å². The molecule has 108 valence electrons. The quantitative estimate of drug-likeness (QED) is 0.869. The van der Waals surface area contributed by atoms with Crippen molar-refractivity contribution in [2.24, 2.45) is 0 Å². The zero-order valence-corrected chi connectivity index (χ0v) is 12.5. The summed E-state index contributed by atoms with van der Waals surface area (Å²) in [5, 5.41) is 9.41. The van der Waals surface area contributed by atoms with Gasteiger partial charge in [-0.25, -0.2) is 0 Å². The minimum atomic E-state index is -0.171. The van der Waals surface area contributed by atoms with Crippen LogP contribution in [0.25, 0.3) is 0 Å². The van der Waals surface area contributed by atoms with Crippen LogP contribution in [0.3, 0.4) is 0 Å². The molecule has 3 rings (SSSR count). The second-order valence-electron chi connectivity index (χ2n) is 5.10. The summed E-state index contributed by atoms with van der Waals surface area (Å²) in [5.74, 6) is 0.926. The van der Waals surface area contributed by atoms with Crippen molar-refractivity contribution in [3.63, 3.8) is 0 Å². The zero-order valence-electron chi connectivity index (χ0n) is 11.7. The first-order valence-corrected chi connectivity index (χ1v) is 7.98. The minimum absolute atomic E-state index is 0.171. The van der Waals surface area contributed by atoms with Gasteiger partial charge in [-0.2, -0.15) is 5.26 Å². The fourth-order valence-electron chi connectivity index (χ4n) is 2.63. The van der Waals surface area contributed by atoms with Gasteiger partial charge < -0.3 is 4.74 Å². The van der Waals surface area contributed by atoms with Gasteiger partial charge in [-0.1, -0.05) is 18.2 Å². The Hall–Kier alpha value is -1.90. The number of nitriles is 1. The van der Waals surface area contributed by atoms with Crippen molar-refractivity contribution in [2.45, 2.75) is 25.0 Å². The number of rotatable bonds is 4. The molecule has 1 atom stereocenters. The Kier molecular flexibility index (Phi) is 4.49. The van der Waals surface area contributed by atoms with E-state index in [1.807, 2.05) is 30.3 Å². The molecule has 0 N–H and O–H groups in total. The number of aromatic nitrogens is 1. The molecule has 0 saturated carbocycles. The van der Waals surface area contributed by atoms with Gasteiger partial charge in [0, 0.05) is 19.3 Å². The Morgan fingerprint density at radius 1 is 1.29 bits per heavy atom. The molecule has 0 amide bonds. The number of hydrogen-bond donors (Lipinski definition) is 0. The molecule has 1 saturated heterocycles. The molecule has 2 heterocycles. The molecule has 0 spiro atoms. The molecule has 1 aliphatic rings. The molecule has 4 nitrogen and oxygen atoms in total. The Morgan fingerprint density at radius 2 is 2.05 bits per heavy atom. The van der Waals surface area contributed by atoms with Crippen molar-refractivity contribution in [3.05, 3.63) is 46.9 Å². The van der Waals surface area contributed by atoms with Crippen molar-refractivity contribution < 1.29 is 4.74 Å². The van der Waals surface area contributed by atoms with Crippen LogP contribution in [0.5, 0.6) is 5.75 Å². The lowest BCUT2D eigenvalue weighted by Gasteiger charge is -2.34. The highest BCUT2D eigenvalue weighted by Gasteiger charge is 2.27. The predicted octanol–water partition coefficient (Wildman–Crippen LogP) is 3.25.